The van der Waals surface area contributed by atoms with Crippen LogP contribution in [0.15, 0.2) is 0 Å². The lowest BCUT2D eigenvalue weighted by Crippen LogP contribution is -2.47. The third kappa shape index (κ3) is 5.38. The van der Waals surface area contributed by atoms with Gasteiger partial charge in [-0.25, -0.2) is 4.79 Å². The van der Waals surface area contributed by atoms with Gasteiger partial charge in [0.2, 0.25) is 0 Å². The van der Waals surface area contributed by atoms with Gasteiger partial charge in [-0.05, 0) is 26.2 Å². The normalized spacial score (nSPS) is 14.2. The van der Waals surface area contributed by atoms with Gasteiger partial charge in [0, 0.05) is 6.04 Å². The molecule has 0 fully saturated rings. The van der Waals surface area contributed by atoms with E-state index in [1.165, 1.54) is 7.11 Å². The number of hydrogen-bond acceptors (Lipinski definition) is 4. The summed E-state index contributed by atoms with van der Waals surface area (Å²) in [6.45, 7) is 9.42. The van der Waals surface area contributed by atoms with E-state index in [1.54, 1.807) is 0 Å². The summed E-state index contributed by atoms with van der Waals surface area (Å²) in [5.74, 6) is -0.511. The quantitative estimate of drug-likeness (QED) is 0.744. The number of rotatable bonds is 6. The van der Waals surface area contributed by atoms with E-state index in [1.807, 2.05) is 34.6 Å². The molecule has 0 bridgehead atoms. The molecule has 0 aromatic rings. The van der Waals surface area contributed by atoms with Gasteiger partial charge in [0.25, 0.3) is 0 Å². The number of carbonyl (C=O) groups is 2. The third-order valence-electron chi connectivity index (χ3n) is 2.72. The average molecular weight is 259 g/mol. The van der Waals surface area contributed by atoms with Crippen molar-refractivity contribution < 1.29 is 19.1 Å². The lowest BCUT2D eigenvalue weighted by atomic mass is 9.88. The molecular formula is C13H25NO4. The van der Waals surface area contributed by atoms with Crippen LogP contribution in [0.5, 0.6) is 0 Å². The van der Waals surface area contributed by atoms with Gasteiger partial charge < -0.3 is 14.8 Å². The summed E-state index contributed by atoms with van der Waals surface area (Å²) in [4.78, 5) is 23.3. The molecule has 0 heterocycles. The standard InChI is InChI=1S/C13H25NO4/c1-7-10(12(15)18-9(4)5)11(8(2)3)14-13(16)17-6/h8-11H,7H2,1-6H3,(H,14,16)/t10-,11+/m1/s1. The van der Waals surface area contributed by atoms with Crippen molar-refractivity contribution in [3.63, 3.8) is 0 Å². The molecule has 18 heavy (non-hydrogen) atoms. The minimum absolute atomic E-state index is 0.119. The van der Waals surface area contributed by atoms with E-state index in [0.29, 0.717) is 6.42 Å². The van der Waals surface area contributed by atoms with Crippen LogP contribution in [0, 0.1) is 11.8 Å². The highest BCUT2D eigenvalue weighted by atomic mass is 16.5. The highest BCUT2D eigenvalue weighted by Crippen LogP contribution is 2.19. The largest absolute Gasteiger partial charge is 0.463 e. The lowest BCUT2D eigenvalue weighted by molar-refractivity contribution is -0.154. The molecule has 0 spiro atoms. The summed E-state index contributed by atoms with van der Waals surface area (Å²) >= 11 is 0. The summed E-state index contributed by atoms with van der Waals surface area (Å²) < 4.78 is 9.80. The van der Waals surface area contributed by atoms with Crippen LogP contribution in [0.1, 0.15) is 41.0 Å². The van der Waals surface area contributed by atoms with Crippen LogP contribution in [-0.4, -0.2) is 31.3 Å². The topological polar surface area (TPSA) is 64.6 Å². The fourth-order valence-corrected chi connectivity index (χ4v) is 1.81. The second-order valence-corrected chi connectivity index (χ2v) is 4.91. The maximum atomic E-state index is 12.0. The molecule has 1 amide bonds. The van der Waals surface area contributed by atoms with E-state index >= 15 is 0 Å². The first-order valence-corrected chi connectivity index (χ1v) is 6.38. The van der Waals surface area contributed by atoms with Crippen molar-refractivity contribution in [2.45, 2.75) is 53.2 Å². The molecule has 5 nitrogen and oxygen atoms in total. The molecule has 0 rings (SSSR count). The number of hydrogen-bond donors (Lipinski definition) is 1. The van der Waals surface area contributed by atoms with Crippen LogP contribution in [0.2, 0.25) is 0 Å². The molecule has 0 unspecified atom stereocenters. The molecule has 0 aliphatic heterocycles. The fraction of sp³-hybridized carbons (Fsp3) is 0.846. The van der Waals surface area contributed by atoms with Gasteiger partial charge in [-0.15, -0.1) is 0 Å². The predicted molar refractivity (Wildman–Crippen MR) is 69.2 cm³/mol. The molecule has 0 saturated heterocycles. The SMILES string of the molecule is CC[C@@H](C(=O)OC(C)C)[C@@H](NC(=O)OC)C(C)C. The highest BCUT2D eigenvalue weighted by Gasteiger charge is 2.32. The molecule has 0 aromatic heterocycles. The van der Waals surface area contributed by atoms with Crippen molar-refractivity contribution in [2.24, 2.45) is 11.8 Å². The zero-order chi connectivity index (χ0) is 14.3. The second-order valence-electron chi connectivity index (χ2n) is 4.91. The number of alkyl carbamates (subject to hydrolysis) is 1. The molecule has 0 aliphatic rings. The summed E-state index contributed by atoms with van der Waals surface area (Å²) in [6, 6.07) is -0.284. The van der Waals surface area contributed by atoms with Gasteiger partial charge in [-0.1, -0.05) is 20.8 Å². The molecule has 0 radical (unpaired) electrons. The van der Waals surface area contributed by atoms with Crippen LogP contribution in [0.3, 0.4) is 0 Å². The van der Waals surface area contributed by atoms with Crippen LogP contribution < -0.4 is 5.32 Å². The van der Waals surface area contributed by atoms with E-state index < -0.39 is 6.09 Å². The molecule has 0 aliphatic carbocycles. The average Bonchev–Trinajstić information content (AvgIpc) is 2.27. The van der Waals surface area contributed by atoms with Gasteiger partial charge in [0.05, 0.1) is 19.1 Å². The Morgan fingerprint density at radius 3 is 2.06 bits per heavy atom. The lowest BCUT2D eigenvalue weighted by Gasteiger charge is -2.28. The van der Waals surface area contributed by atoms with Crippen molar-refractivity contribution in [3.8, 4) is 0 Å². The van der Waals surface area contributed by atoms with Crippen LogP contribution >= 0.6 is 0 Å². The Bertz CT molecular complexity index is 276. The Kier molecular flexibility index (Phi) is 7.39. The molecule has 106 valence electrons. The van der Waals surface area contributed by atoms with Crippen LogP contribution in [-0.2, 0) is 14.3 Å². The smallest absolute Gasteiger partial charge is 0.407 e. The first kappa shape index (κ1) is 16.7. The van der Waals surface area contributed by atoms with Crippen molar-refractivity contribution in [1.29, 1.82) is 0 Å². The first-order valence-electron chi connectivity index (χ1n) is 6.38. The summed E-state index contributed by atoms with van der Waals surface area (Å²) in [7, 11) is 1.31. The van der Waals surface area contributed by atoms with Gasteiger partial charge in [0.1, 0.15) is 0 Å². The van der Waals surface area contributed by atoms with Crippen molar-refractivity contribution >= 4 is 12.1 Å². The molecule has 5 heteroatoms. The summed E-state index contributed by atoms with van der Waals surface area (Å²) in [5.41, 5.74) is 0. The number of esters is 1. The summed E-state index contributed by atoms with van der Waals surface area (Å²) in [5, 5.41) is 2.71. The van der Waals surface area contributed by atoms with Gasteiger partial charge in [0.15, 0.2) is 0 Å². The van der Waals surface area contributed by atoms with Crippen molar-refractivity contribution in [1.82, 2.24) is 5.32 Å². The van der Waals surface area contributed by atoms with Crippen LogP contribution in [0.4, 0.5) is 4.79 Å². The highest BCUT2D eigenvalue weighted by molar-refractivity contribution is 5.75. The van der Waals surface area contributed by atoms with Crippen molar-refractivity contribution in [2.75, 3.05) is 7.11 Å². The molecule has 0 aromatic carbocycles. The second kappa shape index (κ2) is 7.95. The monoisotopic (exact) mass is 259 g/mol. The fourth-order valence-electron chi connectivity index (χ4n) is 1.81. The van der Waals surface area contributed by atoms with Gasteiger partial charge in [-0.3, -0.25) is 4.79 Å². The first-order chi connectivity index (χ1) is 8.33. The van der Waals surface area contributed by atoms with E-state index in [0.717, 1.165) is 0 Å². The minimum Gasteiger partial charge on any atom is -0.463 e. The third-order valence-corrected chi connectivity index (χ3v) is 2.72. The van der Waals surface area contributed by atoms with E-state index in [2.05, 4.69) is 10.1 Å². The Morgan fingerprint density at radius 1 is 1.17 bits per heavy atom. The Morgan fingerprint density at radius 2 is 1.72 bits per heavy atom. The molecule has 2 atom stereocenters. The Balaban J connectivity index is 4.81. The number of nitrogens with one attached hydrogen (secondary N) is 1. The van der Waals surface area contributed by atoms with Gasteiger partial charge >= 0.3 is 12.1 Å². The maximum absolute atomic E-state index is 12.0. The minimum atomic E-state index is -0.524. The van der Waals surface area contributed by atoms with Crippen molar-refractivity contribution in [3.05, 3.63) is 0 Å². The summed E-state index contributed by atoms with van der Waals surface area (Å²) in [6.07, 6.45) is -0.0692. The van der Waals surface area contributed by atoms with E-state index in [-0.39, 0.29) is 30.0 Å². The number of amides is 1. The van der Waals surface area contributed by atoms with E-state index in [4.69, 9.17) is 4.74 Å². The number of ether oxygens (including phenoxy) is 2. The number of carbonyl (C=O) groups excluding carboxylic acids is 2. The zero-order valence-corrected chi connectivity index (χ0v) is 12.1. The number of methoxy groups -OCH3 is 1. The Labute approximate surface area is 109 Å². The predicted octanol–water partition coefficient (Wildman–Crippen LogP) is 2.34. The maximum Gasteiger partial charge on any atom is 0.407 e. The molecule has 0 saturated carbocycles. The molecule has 1 N–H and O–H groups in total. The molecular weight excluding hydrogens is 234 g/mol. The zero-order valence-electron chi connectivity index (χ0n) is 12.1. The Hall–Kier alpha value is -1.26. The van der Waals surface area contributed by atoms with Crippen LogP contribution in [0.25, 0.3) is 0 Å². The van der Waals surface area contributed by atoms with Gasteiger partial charge in [-0.2, -0.15) is 0 Å². The van der Waals surface area contributed by atoms with E-state index in [9.17, 15) is 9.59 Å².